The zero-order valence-corrected chi connectivity index (χ0v) is 17.5. The van der Waals surface area contributed by atoms with Crippen molar-refractivity contribution in [2.24, 2.45) is 0 Å². The van der Waals surface area contributed by atoms with Crippen molar-refractivity contribution in [1.82, 2.24) is 10.0 Å². The molecule has 1 aromatic rings. The molecule has 4 nitrogen and oxygen atoms in total. The van der Waals surface area contributed by atoms with Crippen molar-refractivity contribution < 1.29 is 8.42 Å². The lowest BCUT2D eigenvalue weighted by atomic mass is 9.80. The number of nitrogens with one attached hydrogen (secondary N) is 2. The highest BCUT2D eigenvalue weighted by molar-refractivity contribution is 7.89. The van der Waals surface area contributed by atoms with E-state index in [4.69, 9.17) is 11.6 Å². The monoisotopic (exact) mass is 394 g/mol. The predicted molar refractivity (Wildman–Crippen MR) is 103 cm³/mol. The Labute approximate surface area is 157 Å². The van der Waals surface area contributed by atoms with Crippen LogP contribution in [0.4, 0.5) is 0 Å². The van der Waals surface area contributed by atoms with Gasteiger partial charge in [0.1, 0.15) is 0 Å². The van der Waals surface area contributed by atoms with Crippen molar-refractivity contribution in [3.8, 4) is 0 Å². The second-order valence-corrected chi connectivity index (χ2v) is 10.1. The second kappa shape index (κ2) is 7.12. The number of piperidine rings is 1. The van der Waals surface area contributed by atoms with E-state index in [-0.39, 0.29) is 29.5 Å². The van der Waals surface area contributed by atoms with Crippen molar-refractivity contribution in [2.75, 3.05) is 0 Å². The van der Waals surface area contributed by atoms with Gasteiger partial charge in [0, 0.05) is 22.1 Å². The summed E-state index contributed by atoms with van der Waals surface area (Å²) in [4.78, 5) is 0.313. The molecule has 0 aromatic heterocycles. The smallest absolute Gasteiger partial charge is 0.241 e. The molecule has 0 aliphatic carbocycles. The Morgan fingerprint density at radius 3 is 2.08 bits per heavy atom. The lowest BCUT2D eigenvalue weighted by Crippen LogP contribution is -2.62. The number of aryl methyl sites for hydroxylation is 2. The summed E-state index contributed by atoms with van der Waals surface area (Å²) < 4.78 is 28.6. The number of hydrogen-bond donors (Lipinski definition) is 2. The highest BCUT2D eigenvalue weighted by Gasteiger charge is 2.39. The van der Waals surface area contributed by atoms with Gasteiger partial charge in [-0.3, -0.25) is 0 Å². The average Bonchev–Trinajstić information content (AvgIpc) is 2.28. The molecule has 1 aliphatic rings. The standard InChI is InChI=1S/C17H27ClN2O2S.ClH/c1-11-8-15(12(2)7-14(11)18)23(21,22)19-13-9-16(3,4)20-17(5,6)10-13;/h7-8,13,19-20H,9-10H2,1-6H3;1H. The normalized spacial score (nSPS) is 20.5. The zero-order valence-electron chi connectivity index (χ0n) is 15.2. The van der Waals surface area contributed by atoms with Crippen LogP contribution >= 0.6 is 24.0 Å². The minimum atomic E-state index is -3.57. The van der Waals surface area contributed by atoms with Gasteiger partial charge in [0.15, 0.2) is 0 Å². The Morgan fingerprint density at radius 2 is 1.58 bits per heavy atom. The molecule has 138 valence electrons. The molecule has 0 amide bonds. The molecule has 2 rings (SSSR count). The first-order chi connectivity index (χ1) is 10.3. The molecule has 0 atom stereocenters. The lowest BCUT2D eigenvalue weighted by molar-refractivity contribution is 0.157. The molecule has 1 fully saturated rings. The molecule has 1 heterocycles. The molecular weight excluding hydrogens is 367 g/mol. The zero-order chi connectivity index (χ0) is 17.6. The molecule has 0 bridgehead atoms. The molecule has 0 saturated carbocycles. The summed E-state index contributed by atoms with van der Waals surface area (Å²) >= 11 is 6.08. The fraction of sp³-hybridized carbons (Fsp3) is 0.647. The van der Waals surface area contributed by atoms with Gasteiger partial charge in [0.2, 0.25) is 10.0 Å². The van der Waals surface area contributed by atoms with Gasteiger partial charge in [-0.25, -0.2) is 13.1 Å². The number of sulfonamides is 1. The summed E-state index contributed by atoms with van der Waals surface area (Å²) in [5.74, 6) is 0. The van der Waals surface area contributed by atoms with E-state index >= 15 is 0 Å². The third-order valence-corrected chi connectivity index (χ3v) is 6.33. The molecule has 7 heteroatoms. The van der Waals surface area contributed by atoms with Gasteiger partial charge >= 0.3 is 0 Å². The minimum Gasteiger partial charge on any atom is -0.307 e. The van der Waals surface area contributed by atoms with Crippen molar-refractivity contribution in [3.63, 3.8) is 0 Å². The number of rotatable bonds is 3. The van der Waals surface area contributed by atoms with Gasteiger partial charge in [-0.15, -0.1) is 12.4 Å². The fourth-order valence-corrected chi connectivity index (χ4v) is 5.50. The Balaban J connectivity index is 0.00000288. The Hall–Kier alpha value is -0.330. The van der Waals surface area contributed by atoms with Crippen LogP contribution in [0.3, 0.4) is 0 Å². The van der Waals surface area contributed by atoms with Crippen LogP contribution in [-0.2, 0) is 10.0 Å². The molecule has 1 aromatic carbocycles. The van der Waals surface area contributed by atoms with E-state index in [0.29, 0.717) is 15.5 Å². The highest BCUT2D eigenvalue weighted by atomic mass is 35.5. The lowest BCUT2D eigenvalue weighted by Gasteiger charge is -2.46. The van der Waals surface area contributed by atoms with Crippen molar-refractivity contribution in [3.05, 3.63) is 28.3 Å². The highest BCUT2D eigenvalue weighted by Crippen LogP contribution is 2.30. The van der Waals surface area contributed by atoms with E-state index in [1.54, 1.807) is 19.1 Å². The van der Waals surface area contributed by atoms with Crippen LogP contribution in [0.2, 0.25) is 5.02 Å². The molecule has 0 radical (unpaired) electrons. The second-order valence-electron chi connectivity index (χ2n) is 7.99. The molecule has 0 unspecified atom stereocenters. The van der Waals surface area contributed by atoms with Crippen LogP contribution in [0.1, 0.15) is 51.7 Å². The van der Waals surface area contributed by atoms with Crippen molar-refractivity contribution >= 4 is 34.0 Å². The van der Waals surface area contributed by atoms with E-state index < -0.39 is 10.0 Å². The van der Waals surface area contributed by atoms with Gasteiger partial charge in [0.25, 0.3) is 0 Å². The van der Waals surface area contributed by atoms with E-state index in [2.05, 4.69) is 37.7 Å². The van der Waals surface area contributed by atoms with Crippen LogP contribution in [0, 0.1) is 13.8 Å². The summed E-state index contributed by atoms with van der Waals surface area (Å²) in [6, 6.07) is 3.26. The maximum Gasteiger partial charge on any atom is 0.241 e. The number of hydrogen-bond acceptors (Lipinski definition) is 3. The third-order valence-electron chi connectivity index (χ3n) is 4.26. The van der Waals surface area contributed by atoms with Gasteiger partial charge in [-0.1, -0.05) is 11.6 Å². The van der Waals surface area contributed by atoms with Crippen LogP contribution < -0.4 is 10.0 Å². The summed E-state index contributed by atoms with van der Waals surface area (Å²) in [6.45, 7) is 12.0. The van der Waals surface area contributed by atoms with Crippen LogP contribution in [0.25, 0.3) is 0 Å². The average molecular weight is 395 g/mol. The van der Waals surface area contributed by atoms with E-state index in [0.717, 1.165) is 18.4 Å². The fourth-order valence-electron chi connectivity index (χ4n) is 3.73. The summed E-state index contributed by atoms with van der Waals surface area (Å²) in [5.41, 5.74) is 1.21. The molecule has 1 saturated heterocycles. The quantitative estimate of drug-likeness (QED) is 0.814. The van der Waals surface area contributed by atoms with Crippen molar-refractivity contribution in [2.45, 2.75) is 76.4 Å². The van der Waals surface area contributed by atoms with Gasteiger partial charge in [-0.2, -0.15) is 0 Å². The maximum atomic E-state index is 12.8. The predicted octanol–water partition coefficient (Wildman–Crippen LogP) is 3.97. The first kappa shape index (κ1) is 21.7. The van der Waals surface area contributed by atoms with E-state index in [1.807, 2.05) is 6.92 Å². The molecule has 2 N–H and O–H groups in total. The van der Waals surface area contributed by atoms with E-state index in [9.17, 15) is 8.42 Å². The van der Waals surface area contributed by atoms with Crippen LogP contribution in [0.5, 0.6) is 0 Å². The first-order valence-electron chi connectivity index (χ1n) is 7.90. The topological polar surface area (TPSA) is 58.2 Å². The maximum absolute atomic E-state index is 12.8. The minimum absolute atomic E-state index is 0. The molecule has 0 spiro atoms. The van der Waals surface area contributed by atoms with Gasteiger partial charge in [0.05, 0.1) is 4.90 Å². The summed E-state index contributed by atoms with van der Waals surface area (Å²) in [7, 11) is -3.57. The van der Waals surface area contributed by atoms with Crippen LogP contribution in [0.15, 0.2) is 17.0 Å². The van der Waals surface area contributed by atoms with Gasteiger partial charge in [-0.05, 0) is 77.6 Å². The van der Waals surface area contributed by atoms with E-state index in [1.165, 1.54) is 0 Å². The Morgan fingerprint density at radius 1 is 1.08 bits per heavy atom. The first-order valence-corrected chi connectivity index (χ1v) is 9.76. The third kappa shape index (κ3) is 5.09. The number of halogens is 2. The molecule has 1 aliphatic heterocycles. The summed E-state index contributed by atoms with van der Waals surface area (Å²) in [5, 5.41) is 4.15. The van der Waals surface area contributed by atoms with Gasteiger partial charge < -0.3 is 5.32 Å². The Bertz CT molecular complexity index is 700. The Kier molecular flexibility index (Phi) is 6.44. The van der Waals surface area contributed by atoms with Crippen LogP contribution in [-0.4, -0.2) is 25.5 Å². The molecule has 24 heavy (non-hydrogen) atoms. The molecular formula is C17H28Cl2N2O2S. The largest absolute Gasteiger partial charge is 0.307 e. The van der Waals surface area contributed by atoms with Crippen molar-refractivity contribution in [1.29, 1.82) is 0 Å². The SMILES string of the molecule is Cc1cc(S(=O)(=O)NC2CC(C)(C)NC(C)(C)C2)c(C)cc1Cl.Cl. The number of benzene rings is 1. The summed E-state index contributed by atoms with van der Waals surface area (Å²) in [6.07, 6.45) is 1.50.